The molecule has 1 heterocycles. The Balaban J connectivity index is 2.31. The molecule has 0 spiro atoms. The van der Waals surface area contributed by atoms with Gasteiger partial charge in [0.1, 0.15) is 5.76 Å². The lowest BCUT2D eigenvalue weighted by Gasteiger charge is -2.11. The summed E-state index contributed by atoms with van der Waals surface area (Å²) in [5, 5.41) is 10.9. The van der Waals surface area contributed by atoms with Crippen LogP contribution in [0.15, 0.2) is 16.8 Å². The number of carbonyl (C=O) groups excluding carboxylic acids is 2. The Morgan fingerprint density at radius 1 is 1.56 bits per heavy atom. The Kier molecular flexibility index (Phi) is 4.46. The summed E-state index contributed by atoms with van der Waals surface area (Å²) in [6.07, 6.45) is 1.52. The van der Waals surface area contributed by atoms with Crippen molar-refractivity contribution in [3.63, 3.8) is 0 Å². The van der Waals surface area contributed by atoms with Crippen molar-refractivity contribution < 1.29 is 14.1 Å². The highest BCUT2D eigenvalue weighted by molar-refractivity contribution is 5.96. The maximum absolute atomic E-state index is 11.4. The number of hydrogen-bond donors (Lipinski definition) is 3. The Bertz CT molecular complexity index is 350. The number of urea groups is 1. The molecule has 1 unspecified atom stereocenters. The van der Waals surface area contributed by atoms with Gasteiger partial charge in [0.05, 0.1) is 18.8 Å². The first kappa shape index (κ1) is 12.2. The molecule has 0 bridgehead atoms. The van der Waals surface area contributed by atoms with Gasteiger partial charge in [-0.2, -0.15) is 0 Å². The van der Waals surface area contributed by atoms with Crippen LogP contribution in [0.4, 0.5) is 4.79 Å². The summed E-state index contributed by atoms with van der Waals surface area (Å²) in [5.74, 6) is 0.221. The van der Waals surface area contributed by atoms with Crippen molar-refractivity contribution in [2.24, 2.45) is 0 Å². The average molecular weight is 226 g/mol. The van der Waals surface area contributed by atoms with Crippen LogP contribution in [-0.2, 0) is 11.3 Å². The Labute approximate surface area is 92.6 Å². The van der Waals surface area contributed by atoms with E-state index in [1.165, 1.54) is 13.2 Å². The molecular formula is C9H14N4O3. The third kappa shape index (κ3) is 3.70. The standard InChI is InChI=1S/C9H14N4O3/c1-6(8(14)13-9(15)10-2)11-5-7-3-4-12-16-7/h3-4,6,11H,5H2,1-2H3,(H2,10,13,14,15). The summed E-state index contributed by atoms with van der Waals surface area (Å²) in [6, 6.07) is 0.664. The highest BCUT2D eigenvalue weighted by atomic mass is 16.5. The summed E-state index contributed by atoms with van der Waals surface area (Å²) in [6.45, 7) is 2.02. The highest BCUT2D eigenvalue weighted by Crippen LogP contribution is 1.96. The van der Waals surface area contributed by atoms with E-state index in [0.29, 0.717) is 12.3 Å². The van der Waals surface area contributed by atoms with Gasteiger partial charge in [-0.15, -0.1) is 0 Å². The van der Waals surface area contributed by atoms with Crippen LogP contribution >= 0.6 is 0 Å². The smallest absolute Gasteiger partial charge is 0.321 e. The third-order valence-electron chi connectivity index (χ3n) is 1.93. The molecule has 1 atom stereocenters. The second kappa shape index (κ2) is 5.86. The zero-order valence-corrected chi connectivity index (χ0v) is 9.11. The number of imide groups is 1. The number of amides is 3. The van der Waals surface area contributed by atoms with Crippen molar-refractivity contribution in [1.82, 2.24) is 21.1 Å². The molecule has 0 saturated carbocycles. The Hall–Kier alpha value is -1.89. The van der Waals surface area contributed by atoms with Gasteiger partial charge in [-0.25, -0.2) is 4.79 Å². The Morgan fingerprint density at radius 3 is 2.88 bits per heavy atom. The molecule has 1 rings (SSSR count). The van der Waals surface area contributed by atoms with E-state index in [1.54, 1.807) is 13.0 Å². The molecule has 7 heteroatoms. The predicted molar refractivity (Wildman–Crippen MR) is 55.4 cm³/mol. The fourth-order valence-corrected chi connectivity index (χ4v) is 0.962. The van der Waals surface area contributed by atoms with Gasteiger partial charge in [-0.3, -0.25) is 15.4 Å². The maximum atomic E-state index is 11.4. The quantitative estimate of drug-likeness (QED) is 0.649. The van der Waals surface area contributed by atoms with Crippen LogP contribution in [0.3, 0.4) is 0 Å². The molecule has 0 radical (unpaired) electrons. The van der Waals surface area contributed by atoms with Gasteiger partial charge >= 0.3 is 6.03 Å². The summed E-state index contributed by atoms with van der Waals surface area (Å²) in [4.78, 5) is 22.3. The largest absolute Gasteiger partial charge is 0.360 e. The molecule has 0 fully saturated rings. The monoisotopic (exact) mass is 226 g/mol. The second-order valence-corrected chi connectivity index (χ2v) is 3.15. The number of aromatic nitrogens is 1. The molecule has 3 amide bonds. The second-order valence-electron chi connectivity index (χ2n) is 3.15. The fraction of sp³-hybridized carbons (Fsp3) is 0.444. The Morgan fingerprint density at radius 2 is 2.31 bits per heavy atom. The van der Waals surface area contributed by atoms with Gasteiger partial charge in [-0.05, 0) is 6.92 Å². The maximum Gasteiger partial charge on any atom is 0.321 e. The first-order valence-electron chi connectivity index (χ1n) is 4.79. The van der Waals surface area contributed by atoms with Crippen molar-refractivity contribution in [3.8, 4) is 0 Å². The number of nitrogens with zero attached hydrogens (tertiary/aromatic N) is 1. The SMILES string of the molecule is CNC(=O)NC(=O)C(C)NCc1ccno1. The minimum atomic E-state index is -0.529. The van der Waals surface area contributed by atoms with E-state index in [1.807, 2.05) is 0 Å². The number of carbonyl (C=O) groups is 2. The van der Waals surface area contributed by atoms with Crippen LogP contribution in [0.1, 0.15) is 12.7 Å². The number of rotatable bonds is 4. The first-order chi connectivity index (χ1) is 7.63. The van der Waals surface area contributed by atoms with Crippen LogP contribution in [0, 0.1) is 0 Å². The predicted octanol–water partition coefficient (Wildman–Crippen LogP) is -0.392. The lowest BCUT2D eigenvalue weighted by Crippen LogP contribution is -2.47. The van der Waals surface area contributed by atoms with E-state index in [2.05, 4.69) is 21.1 Å². The van der Waals surface area contributed by atoms with Crippen LogP contribution in [0.5, 0.6) is 0 Å². The van der Waals surface area contributed by atoms with Crippen molar-refractivity contribution in [2.45, 2.75) is 19.5 Å². The van der Waals surface area contributed by atoms with Gasteiger partial charge in [0.15, 0.2) is 0 Å². The summed E-state index contributed by atoms with van der Waals surface area (Å²) in [5.41, 5.74) is 0. The molecular weight excluding hydrogens is 212 g/mol. The molecule has 16 heavy (non-hydrogen) atoms. The molecule has 0 aromatic carbocycles. The van der Waals surface area contributed by atoms with Crippen molar-refractivity contribution >= 4 is 11.9 Å². The van der Waals surface area contributed by atoms with E-state index in [4.69, 9.17) is 4.52 Å². The van der Waals surface area contributed by atoms with Gasteiger partial charge in [-0.1, -0.05) is 5.16 Å². The van der Waals surface area contributed by atoms with E-state index >= 15 is 0 Å². The van der Waals surface area contributed by atoms with Crippen LogP contribution < -0.4 is 16.0 Å². The van der Waals surface area contributed by atoms with Crippen LogP contribution in [0.25, 0.3) is 0 Å². The minimum Gasteiger partial charge on any atom is -0.360 e. The summed E-state index contributed by atoms with van der Waals surface area (Å²) < 4.78 is 4.84. The average Bonchev–Trinajstić information content (AvgIpc) is 2.78. The van der Waals surface area contributed by atoms with Crippen LogP contribution in [0.2, 0.25) is 0 Å². The minimum absolute atomic E-state index is 0.377. The normalized spacial score (nSPS) is 11.9. The molecule has 1 aromatic rings. The van der Waals surface area contributed by atoms with Gasteiger partial charge in [0.2, 0.25) is 5.91 Å². The van der Waals surface area contributed by atoms with Crippen molar-refractivity contribution in [2.75, 3.05) is 7.05 Å². The van der Waals surface area contributed by atoms with Crippen LogP contribution in [-0.4, -0.2) is 30.2 Å². The van der Waals surface area contributed by atoms with Gasteiger partial charge in [0, 0.05) is 13.1 Å². The highest BCUT2D eigenvalue weighted by Gasteiger charge is 2.14. The topological polar surface area (TPSA) is 96.3 Å². The lowest BCUT2D eigenvalue weighted by atomic mass is 10.3. The molecule has 1 aromatic heterocycles. The third-order valence-corrected chi connectivity index (χ3v) is 1.93. The van der Waals surface area contributed by atoms with Gasteiger partial charge in [0.25, 0.3) is 0 Å². The molecule has 0 saturated heterocycles. The summed E-state index contributed by atoms with van der Waals surface area (Å²) in [7, 11) is 1.44. The summed E-state index contributed by atoms with van der Waals surface area (Å²) >= 11 is 0. The zero-order valence-electron chi connectivity index (χ0n) is 9.11. The van der Waals surface area contributed by atoms with E-state index in [-0.39, 0.29) is 0 Å². The molecule has 3 N–H and O–H groups in total. The van der Waals surface area contributed by atoms with Crippen molar-refractivity contribution in [1.29, 1.82) is 0 Å². The van der Waals surface area contributed by atoms with E-state index in [0.717, 1.165) is 0 Å². The number of hydrogen-bond acceptors (Lipinski definition) is 5. The lowest BCUT2D eigenvalue weighted by molar-refractivity contribution is -0.121. The zero-order chi connectivity index (χ0) is 12.0. The molecule has 0 aliphatic carbocycles. The molecule has 88 valence electrons. The fourth-order valence-electron chi connectivity index (χ4n) is 0.962. The molecule has 0 aliphatic heterocycles. The van der Waals surface area contributed by atoms with Gasteiger partial charge < -0.3 is 9.84 Å². The van der Waals surface area contributed by atoms with E-state index < -0.39 is 18.0 Å². The molecule has 7 nitrogen and oxygen atoms in total. The number of nitrogens with one attached hydrogen (secondary N) is 3. The molecule has 0 aliphatic rings. The first-order valence-corrected chi connectivity index (χ1v) is 4.79. The van der Waals surface area contributed by atoms with E-state index in [9.17, 15) is 9.59 Å². The van der Waals surface area contributed by atoms with Crippen molar-refractivity contribution in [3.05, 3.63) is 18.0 Å².